The third kappa shape index (κ3) is 4.59. The number of nitro groups is 1. The van der Waals surface area contributed by atoms with Crippen LogP contribution in [0.2, 0.25) is 0 Å². The highest BCUT2D eigenvalue weighted by molar-refractivity contribution is 9.09. The SMILES string of the molecule is CCC(CCBr)CNC(=O)c1ccc([N+](=O)[O-])c(C)c1. The van der Waals surface area contributed by atoms with Crippen molar-refractivity contribution in [1.29, 1.82) is 0 Å². The molecule has 110 valence electrons. The second-order valence-electron chi connectivity index (χ2n) is 4.72. The summed E-state index contributed by atoms with van der Waals surface area (Å²) in [6.45, 7) is 4.35. The van der Waals surface area contributed by atoms with E-state index in [1.54, 1.807) is 13.0 Å². The quantitative estimate of drug-likeness (QED) is 0.468. The molecular weight excluding hydrogens is 324 g/mol. The van der Waals surface area contributed by atoms with Crippen LogP contribution in [-0.4, -0.2) is 22.7 Å². The molecule has 0 bridgehead atoms. The molecule has 0 spiro atoms. The van der Waals surface area contributed by atoms with Crippen LogP contribution in [0.5, 0.6) is 0 Å². The standard InChI is InChI=1S/C14H19BrN2O3/c1-3-11(6-7-15)9-16-14(18)12-4-5-13(17(19)20)10(2)8-12/h4-5,8,11H,3,6-7,9H2,1-2H3,(H,16,18). The summed E-state index contributed by atoms with van der Waals surface area (Å²) in [5.41, 5.74) is 0.990. The van der Waals surface area contributed by atoms with Crippen LogP contribution in [-0.2, 0) is 0 Å². The van der Waals surface area contributed by atoms with E-state index >= 15 is 0 Å². The molecule has 6 heteroatoms. The molecular formula is C14H19BrN2O3. The van der Waals surface area contributed by atoms with Crippen LogP contribution < -0.4 is 5.32 Å². The van der Waals surface area contributed by atoms with Gasteiger partial charge in [0.2, 0.25) is 0 Å². The lowest BCUT2D eigenvalue weighted by Crippen LogP contribution is -2.29. The number of carbonyl (C=O) groups is 1. The number of nitro benzene ring substituents is 1. The number of nitrogens with one attached hydrogen (secondary N) is 1. The molecule has 1 amide bonds. The Morgan fingerprint density at radius 3 is 2.70 bits per heavy atom. The summed E-state index contributed by atoms with van der Waals surface area (Å²) in [6, 6.07) is 4.42. The number of halogens is 1. The first-order chi connectivity index (χ1) is 9.49. The van der Waals surface area contributed by atoms with Crippen LogP contribution in [0.15, 0.2) is 18.2 Å². The number of hydrogen-bond acceptors (Lipinski definition) is 3. The van der Waals surface area contributed by atoms with Crippen LogP contribution in [0.3, 0.4) is 0 Å². The first-order valence-electron chi connectivity index (χ1n) is 6.58. The molecule has 0 radical (unpaired) electrons. The Labute approximate surface area is 127 Å². The van der Waals surface area contributed by atoms with Crippen molar-refractivity contribution < 1.29 is 9.72 Å². The molecule has 1 aromatic rings. The van der Waals surface area contributed by atoms with Crippen molar-refractivity contribution in [3.8, 4) is 0 Å². The average molecular weight is 343 g/mol. The van der Waals surface area contributed by atoms with Gasteiger partial charge in [0.1, 0.15) is 0 Å². The fraction of sp³-hybridized carbons (Fsp3) is 0.500. The molecule has 0 aliphatic carbocycles. The Hall–Kier alpha value is -1.43. The number of nitrogens with zero attached hydrogens (tertiary/aromatic N) is 1. The summed E-state index contributed by atoms with van der Waals surface area (Å²) in [4.78, 5) is 22.3. The third-order valence-electron chi connectivity index (χ3n) is 3.30. The summed E-state index contributed by atoms with van der Waals surface area (Å²) in [5.74, 6) is 0.258. The summed E-state index contributed by atoms with van der Waals surface area (Å²) in [7, 11) is 0. The Morgan fingerprint density at radius 2 is 2.20 bits per heavy atom. The van der Waals surface area contributed by atoms with Gasteiger partial charge in [-0.3, -0.25) is 14.9 Å². The maximum atomic E-state index is 12.0. The Morgan fingerprint density at radius 1 is 1.50 bits per heavy atom. The van der Waals surface area contributed by atoms with Gasteiger partial charge < -0.3 is 5.32 Å². The van der Waals surface area contributed by atoms with Crippen LogP contribution in [0.4, 0.5) is 5.69 Å². The third-order valence-corrected chi connectivity index (χ3v) is 3.76. The highest BCUT2D eigenvalue weighted by Gasteiger charge is 2.14. The van der Waals surface area contributed by atoms with Crippen molar-refractivity contribution in [3.05, 3.63) is 39.4 Å². The van der Waals surface area contributed by atoms with Gasteiger partial charge in [-0.05, 0) is 31.4 Å². The Kier molecular flexibility index (Phi) is 6.64. The number of aryl methyl sites for hydroxylation is 1. The van der Waals surface area contributed by atoms with E-state index in [9.17, 15) is 14.9 Å². The predicted octanol–water partition coefficient (Wildman–Crippen LogP) is 3.44. The molecule has 0 fully saturated rings. The van der Waals surface area contributed by atoms with Crippen molar-refractivity contribution in [2.75, 3.05) is 11.9 Å². The van der Waals surface area contributed by atoms with Crippen LogP contribution in [0.1, 0.15) is 35.7 Å². The summed E-state index contributed by atoms with van der Waals surface area (Å²) in [6.07, 6.45) is 2.02. The summed E-state index contributed by atoms with van der Waals surface area (Å²) < 4.78 is 0. The lowest BCUT2D eigenvalue weighted by molar-refractivity contribution is -0.385. The molecule has 0 aromatic heterocycles. The second-order valence-corrected chi connectivity index (χ2v) is 5.51. The van der Waals surface area contributed by atoms with E-state index in [0.717, 1.165) is 18.2 Å². The molecule has 0 saturated heterocycles. The summed E-state index contributed by atoms with van der Waals surface area (Å²) in [5, 5.41) is 14.5. The number of hydrogen-bond donors (Lipinski definition) is 1. The normalized spacial score (nSPS) is 11.9. The minimum atomic E-state index is -0.444. The molecule has 1 rings (SSSR count). The van der Waals surface area contributed by atoms with Crippen molar-refractivity contribution in [2.45, 2.75) is 26.7 Å². The number of alkyl halides is 1. The number of carbonyl (C=O) groups excluding carboxylic acids is 1. The van der Waals surface area contributed by atoms with Gasteiger partial charge >= 0.3 is 0 Å². The molecule has 5 nitrogen and oxygen atoms in total. The van der Waals surface area contributed by atoms with Crippen molar-refractivity contribution in [2.24, 2.45) is 5.92 Å². The van der Waals surface area contributed by atoms with Crippen molar-refractivity contribution in [1.82, 2.24) is 5.32 Å². The molecule has 1 atom stereocenters. The lowest BCUT2D eigenvalue weighted by Gasteiger charge is -2.14. The van der Waals surface area contributed by atoms with E-state index in [1.165, 1.54) is 12.1 Å². The smallest absolute Gasteiger partial charge is 0.272 e. The topological polar surface area (TPSA) is 72.2 Å². The van der Waals surface area contributed by atoms with Gasteiger partial charge in [0.25, 0.3) is 11.6 Å². The highest BCUT2D eigenvalue weighted by atomic mass is 79.9. The number of benzene rings is 1. The summed E-state index contributed by atoms with van der Waals surface area (Å²) >= 11 is 3.40. The fourth-order valence-electron chi connectivity index (χ4n) is 1.95. The highest BCUT2D eigenvalue weighted by Crippen LogP contribution is 2.18. The van der Waals surface area contributed by atoms with E-state index in [1.807, 2.05) is 0 Å². The van der Waals surface area contributed by atoms with Crippen molar-refractivity contribution in [3.63, 3.8) is 0 Å². The largest absolute Gasteiger partial charge is 0.352 e. The molecule has 0 aliphatic heterocycles. The maximum absolute atomic E-state index is 12.0. The minimum Gasteiger partial charge on any atom is -0.352 e. The zero-order valence-corrected chi connectivity index (χ0v) is 13.3. The fourth-order valence-corrected chi connectivity index (χ4v) is 2.59. The zero-order chi connectivity index (χ0) is 15.1. The zero-order valence-electron chi connectivity index (χ0n) is 11.7. The van der Waals surface area contributed by atoms with Gasteiger partial charge in [-0.15, -0.1) is 0 Å². The molecule has 0 saturated carbocycles. The van der Waals surface area contributed by atoms with Gasteiger partial charge in [-0.1, -0.05) is 29.3 Å². The monoisotopic (exact) mass is 342 g/mol. The van der Waals surface area contributed by atoms with Gasteiger partial charge in [-0.25, -0.2) is 0 Å². The van der Waals surface area contributed by atoms with Gasteiger partial charge in [0.05, 0.1) is 4.92 Å². The number of amides is 1. The first kappa shape index (κ1) is 16.6. The first-order valence-corrected chi connectivity index (χ1v) is 7.71. The van der Waals surface area contributed by atoms with E-state index in [2.05, 4.69) is 28.2 Å². The molecule has 1 unspecified atom stereocenters. The predicted molar refractivity (Wildman–Crippen MR) is 82.4 cm³/mol. The van der Waals surface area contributed by atoms with E-state index in [-0.39, 0.29) is 11.6 Å². The Balaban J connectivity index is 2.68. The molecule has 0 heterocycles. The van der Waals surface area contributed by atoms with E-state index in [4.69, 9.17) is 0 Å². The van der Waals surface area contributed by atoms with Crippen molar-refractivity contribution >= 4 is 27.5 Å². The van der Waals surface area contributed by atoms with E-state index in [0.29, 0.717) is 23.6 Å². The van der Waals surface area contributed by atoms with Crippen LogP contribution in [0.25, 0.3) is 0 Å². The number of rotatable bonds is 7. The minimum absolute atomic E-state index is 0.0345. The van der Waals surface area contributed by atoms with Crippen LogP contribution in [0, 0.1) is 23.0 Å². The van der Waals surface area contributed by atoms with Crippen LogP contribution >= 0.6 is 15.9 Å². The van der Waals surface area contributed by atoms with E-state index < -0.39 is 4.92 Å². The lowest BCUT2D eigenvalue weighted by atomic mass is 10.0. The van der Waals surface area contributed by atoms with Gasteiger partial charge in [-0.2, -0.15) is 0 Å². The maximum Gasteiger partial charge on any atom is 0.272 e. The molecule has 20 heavy (non-hydrogen) atoms. The molecule has 1 N–H and O–H groups in total. The van der Waals surface area contributed by atoms with Gasteiger partial charge in [0.15, 0.2) is 0 Å². The molecule has 0 aliphatic rings. The second kappa shape index (κ2) is 7.99. The Bertz CT molecular complexity index is 491. The van der Waals surface area contributed by atoms with Gasteiger partial charge in [0, 0.05) is 29.1 Å². The average Bonchev–Trinajstić information content (AvgIpc) is 2.42. The molecule has 1 aromatic carbocycles.